The summed E-state index contributed by atoms with van der Waals surface area (Å²) in [5, 5.41) is 16.0. The Bertz CT molecular complexity index is 1180. The van der Waals surface area contributed by atoms with Crippen molar-refractivity contribution in [2.75, 3.05) is 0 Å². The molecule has 2 aliphatic heterocycles. The standard InChI is InChI=1S/C25H28FN5OS/c1-4-5-6-7-8-9-22-29-31-23(27)21(24(32)28-25(31)33-22)15-18-14-16(2)30(17(18)3)20-12-10-19(26)11-13-20/h10-15,27H,4-9H2,1-3H3/b21-15-,27-23?. The minimum atomic E-state index is -0.426. The topological polar surface area (TPSA) is 73.8 Å². The number of nitrogens with one attached hydrogen (secondary N) is 1. The number of amidine groups is 2. The van der Waals surface area contributed by atoms with Gasteiger partial charge in [-0.2, -0.15) is 15.1 Å². The van der Waals surface area contributed by atoms with Crippen molar-refractivity contribution in [1.29, 1.82) is 5.41 Å². The van der Waals surface area contributed by atoms with Crippen LogP contribution < -0.4 is 0 Å². The van der Waals surface area contributed by atoms with E-state index in [2.05, 4.69) is 17.0 Å². The number of halogens is 1. The Kier molecular flexibility index (Phi) is 6.93. The molecule has 2 aliphatic rings. The lowest BCUT2D eigenvalue weighted by molar-refractivity contribution is -0.114. The van der Waals surface area contributed by atoms with Crippen molar-refractivity contribution < 1.29 is 9.18 Å². The van der Waals surface area contributed by atoms with Crippen molar-refractivity contribution in [1.82, 2.24) is 9.58 Å². The molecule has 6 nitrogen and oxygen atoms in total. The Morgan fingerprint density at radius 3 is 2.58 bits per heavy atom. The highest BCUT2D eigenvalue weighted by Crippen LogP contribution is 2.31. The summed E-state index contributed by atoms with van der Waals surface area (Å²) in [6.45, 7) is 6.09. The van der Waals surface area contributed by atoms with Gasteiger partial charge in [-0.15, -0.1) is 0 Å². The van der Waals surface area contributed by atoms with Gasteiger partial charge in [0, 0.05) is 17.1 Å². The molecule has 0 saturated heterocycles. The highest BCUT2D eigenvalue weighted by molar-refractivity contribution is 8.26. The molecule has 0 saturated carbocycles. The van der Waals surface area contributed by atoms with Crippen LogP contribution in [0.3, 0.4) is 0 Å². The second-order valence-corrected chi connectivity index (χ2v) is 9.36. The molecule has 0 aliphatic carbocycles. The van der Waals surface area contributed by atoms with Crippen molar-refractivity contribution in [3.05, 3.63) is 58.7 Å². The Morgan fingerprint density at radius 2 is 1.85 bits per heavy atom. The largest absolute Gasteiger partial charge is 0.318 e. The van der Waals surface area contributed by atoms with E-state index < -0.39 is 5.91 Å². The number of hydrazone groups is 1. The van der Waals surface area contributed by atoms with Crippen molar-refractivity contribution in [3.63, 3.8) is 0 Å². The van der Waals surface area contributed by atoms with Gasteiger partial charge in [-0.1, -0.05) is 32.6 Å². The lowest BCUT2D eigenvalue weighted by Gasteiger charge is -2.20. The van der Waals surface area contributed by atoms with Gasteiger partial charge in [0.15, 0.2) is 5.84 Å². The van der Waals surface area contributed by atoms with Crippen LogP contribution in [-0.2, 0) is 4.79 Å². The molecule has 1 N–H and O–H groups in total. The number of fused-ring (bicyclic) bond motifs is 1. The van der Waals surface area contributed by atoms with Gasteiger partial charge in [-0.3, -0.25) is 10.2 Å². The predicted octanol–water partition coefficient (Wildman–Crippen LogP) is 6.21. The van der Waals surface area contributed by atoms with E-state index in [-0.39, 0.29) is 17.2 Å². The van der Waals surface area contributed by atoms with Gasteiger partial charge in [0.25, 0.3) is 5.91 Å². The zero-order valence-electron chi connectivity index (χ0n) is 19.2. The van der Waals surface area contributed by atoms with Gasteiger partial charge >= 0.3 is 0 Å². The molecule has 0 fully saturated rings. The van der Waals surface area contributed by atoms with Crippen LogP contribution in [-0.4, -0.2) is 31.5 Å². The van der Waals surface area contributed by atoms with E-state index in [4.69, 9.17) is 5.41 Å². The lowest BCUT2D eigenvalue weighted by Crippen LogP contribution is -2.35. The van der Waals surface area contributed by atoms with Crippen LogP contribution in [0.4, 0.5) is 4.39 Å². The minimum absolute atomic E-state index is 0.0464. The van der Waals surface area contributed by atoms with Crippen molar-refractivity contribution in [2.24, 2.45) is 10.1 Å². The highest BCUT2D eigenvalue weighted by atomic mass is 32.2. The van der Waals surface area contributed by atoms with E-state index in [0.29, 0.717) is 5.17 Å². The van der Waals surface area contributed by atoms with Crippen molar-refractivity contribution in [2.45, 2.75) is 59.3 Å². The van der Waals surface area contributed by atoms with E-state index in [9.17, 15) is 9.18 Å². The van der Waals surface area contributed by atoms with Crippen LogP contribution in [0.1, 0.15) is 62.4 Å². The Balaban J connectivity index is 1.55. The fourth-order valence-corrected chi connectivity index (χ4v) is 5.02. The summed E-state index contributed by atoms with van der Waals surface area (Å²) < 4.78 is 15.3. The Morgan fingerprint density at radius 1 is 1.12 bits per heavy atom. The monoisotopic (exact) mass is 465 g/mol. The molecule has 0 unspecified atom stereocenters. The van der Waals surface area contributed by atoms with Gasteiger partial charge in [0.1, 0.15) is 10.9 Å². The predicted molar refractivity (Wildman–Crippen MR) is 134 cm³/mol. The first-order valence-electron chi connectivity index (χ1n) is 11.3. The molecule has 0 atom stereocenters. The molecular weight excluding hydrogens is 437 g/mol. The summed E-state index contributed by atoms with van der Waals surface area (Å²) in [5.41, 5.74) is 3.71. The number of aromatic nitrogens is 1. The number of carbonyl (C=O) groups is 1. The number of hydrogen-bond donors (Lipinski definition) is 1. The number of amides is 1. The summed E-state index contributed by atoms with van der Waals surface area (Å²) in [5.74, 6) is -0.669. The van der Waals surface area contributed by atoms with Crippen molar-refractivity contribution in [3.8, 4) is 5.69 Å². The number of rotatable bonds is 8. The SMILES string of the molecule is CCCCCCCC1=NN2C(=N)/C(=C/c3cc(C)n(-c4ccc(F)cc4)c3C)C(=O)N=C2S1. The minimum Gasteiger partial charge on any atom is -0.318 e. The number of carbonyl (C=O) groups excluding carboxylic acids is 1. The van der Waals surface area contributed by atoms with Gasteiger partial charge in [-0.05, 0) is 80.4 Å². The number of nitrogens with zero attached hydrogens (tertiary/aromatic N) is 4. The number of aliphatic imine (C=N–C) groups is 1. The molecule has 33 heavy (non-hydrogen) atoms. The van der Waals surface area contributed by atoms with Crippen LogP contribution in [0.15, 0.2) is 46.0 Å². The van der Waals surface area contributed by atoms with Gasteiger partial charge in [-0.25, -0.2) is 4.39 Å². The quantitative estimate of drug-likeness (QED) is 0.372. The van der Waals surface area contributed by atoms with E-state index in [0.717, 1.165) is 46.9 Å². The maximum atomic E-state index is 13.3. The van der Waals surface area contributed by atoms with Crippen LogP contribution in [0.25, 0.3) is 11.8 Å². The third kappa shape index (κ3) is 4.85. The van der Waals surface area contributed by atoms with Gasteiger partial charge in [0.2, 0.25) is 5.17 Å². The zero-order valence-corrected chi connectivity index (χ0v) is 20.0. The lowest BCUT2D eigenvalue weighted by atomic mass is 10.1. The number of unbranched alkanes of at least 4 members (excludes halogenated alkanes) is 4. The molecule has 8 heteroatoms. The van der Waals surface area contributed by atoms with E-state index in [1.54, 1.807) is 18.2 Å². The van der Waals surface area contributed by atoms with E-state index in [1.807, 2.05) is 24.5 Å². The molecule has 2 aromatic rings. The second kappa shape index (κ2) is 9.87. The van der Waals surface area contributed by atoms with Crippen LogP contribution in [0, 0.1) is 25.1 Å². The smallest absolute Gasteiger partial charge is 0.283 e. The molecule has 1 aromatic carbocycles. The molecule has 4 rings (SSSR count). The molecule has 1 aromatic heterocycles. The molecule has 3 heterocycles. The molecular formula is C25H28FN5OS. The molecule has 0 spiro atoms. The molecule has 0 radical (unpaired) electrons. The van der Waals surface area contributed by atoms with Crippen LogP contribution in [0.5, 0.6) is 0 Å². The molecule has 1 amide bonds. The fraction of sp³-hybridized carbons (Fsp3) is 0.360. The Labute approximate surface area is 197 Å². The van der Waals surface area contributed by atoms with Gasteiger partial charge < -0.3 is 4.57 Å². The third-order valence-electron chi connectivity index (χ3n) is 5.85. The van der Waals surface area contributed by atoms with E-state index in [1.165, 1.54) is 48.2 Å². The summed E-state index contributed by atoms with van der Waals surface area (Å²) in [7, 11) is 0. The third-order valence-corrected chi connectivity index (χ3v) is 6.81. The zero-order chi connectivity index (χ0) is 23.5. The fourth-order valence-electron chi connectivity index (χ4n) is 4.09. The normalized spacial score (nSPS) is 17.0. The van der Waals surface area contributed by atoms with Gasteiger partial charge in [0.05, 0.1) is 5.57 Å². The number of hydrogen-bond acceptors (Lipinski definition) is 4. The summed E-state index contributed by atoms with van der Waals surface area (Å²) in [4.78, 5) is 17.0. The summed E-state index contributed by atoms with van der Waals surface area (Å²) in [6, 6.07) is 8.24. The first-order valence-corrected chi connectivity index (χ1v) is 12.1. The maximum absolute atomic E-state index is 13.3. The van der Waals surface area contributed by atoms with Crippen LogP contribution in [0.2, 0.25) is 0 Å². The number of aryl methyl sites for hydroxylation is 1. The first-order chi connectivity index (χ1) is 15.9. The first kappa shape index (κ1) is 23.2. The molecule has 172 valence electrons. The Hall–Kier alpha value is -3.00. The average molecular weight is 466 g/mol. The maximum Gasteiger partial charge on any atom is 0.283 e. The second-order valence-electron chi connectivity index (χ2n) is 8.32. The highest BCUT2D eigenvalue weighted by Gasteiger charge is 2.35. The molecule has 0 bridgehead atoms. The average Bonchev–Trinajstić information content (AvgIpc) is 3.31. The van der Waals surface area contributed by atoms with E-state index >= 15 is 0 Å². The number of benzene rings is 1. The van der Waals surface area contributed by atoms with Crippen LogP contribution >= 0.6 is 11.8 Å². The number of thioether (sulfide) groups is 1. The summed E-state index contributed by atoms with van der Waals surface area (Å²) >= 11 is 1.38. The summed E-state index contributed by atoms with van der Waals surface area (Å²) in [6.07, 6.45) is 8.42. The van der Waals surface area contributed by atoms with Crippen molar-refractivity contribution >= 4 is 39.8 Å².